The molecule has 0 saturated carbocycles. The fourth-order valence-electron chi connectivity index (χ4n) is 2.63. The van der Waals surface area contributed by atoms with Gasteiger partial charge in [-0.3, -0.25) is 14.3 Å². The van der Waals surface area contributed by atoms with Crippen LogP contribution in [0.25, 0.3) is 10.9 Å². The number of aromatic nitrogens is 2. The molecule has 122 valence electrons. The molecule has 1 heterocycles. The summed E-state index contributed by atoms with van der Waals surface area (Å²) in [5, 5.41) is 4.58. The van der Waals surface area contributed by atoms with E-state index in [0.717, 1.165) is 11.1 Å². The van der Waals surface area contributed by atoms with Crippen molar-refractivity contribution >= 4 is 16.9 Å². The SMILES string of the molecule is Cc1cccc(C(C)OC(=O)Cn2ncc(=O)c3ccccc32)c1. The first-order valence-corrected chi connectivity index (χ1v) is 7.75. The fourth-order valence-corrected chi connectivity index (χ4v) is 2.63. The summed E-state index contributed by atoms with van der Waals surface area (Å²) < 4.78 is 6.98. The average Bonchev–Trinajstić information content (AvgIpc) is 2.57. The molecule has 0 aliphatic rings. The number of carbonyl (C=O) groups is 1. The van der Waals surface area contributed by atoms with Crippen LogP contribution in [-0.2, 0) is 16.1 Å². The molecule has 0 aliphatic carbocycles. The van der Waals surface area contributed by atoms with Crippen molar-refractivity contribution < 1.29 is 9.53 Å². The summed E-state index contributed by atoms with van der Waals surface area (Å²) in [6, 6.07) is 14.9. The Balaban J connectivity index is 1.78. The highest BCUT2D eigenvalue weighted by molar-refractivity contribution is 5.79. The summed E-state index contributed by atoms with van der Waals surface area (Å²) in [7, 11) is 0. The zero-order valence-corrected chi connectivity index (χ0v) is 13.6. The van der Waals surface area contributed by atoms with Gasteiger partial charge in [0, 0.05) is 5.39 Å². The Morgan fingerprint density at radius 3 is 2.79 bits per heavy atom. The molecule has 24 heavy (non-hydrogen) atoms. The van der Waals surface area contributed by atoms with Gasteiger partial charge in [-0.2, -0.15) is 5.10 Å². The molecule has 1 atom stereocenters. The first-order chi connectivity index (χ1) is 11.5. The van der Waals surface area contributed by atoms with Crippen molar-refractivity contribution in [2.45, 2.75) is 26.5 Å². The predicted octanol–water partition coefficient (Wildman–Crippen LogP) is 3.01. The number of aryl methyl sites for hydroxylation is 1. The van der Waals surface area contributed by atoms with Gasteiger partial charge in [0.05, 0.1) is 11.7 Å². The van der Waals surface area contributed by atoms with E-state index in [2.05, 4.69) is 5.10 Å². The molecule has 1 aromatic heterocycles. The van der Waals surface area contributed by atoms with Gasteiger partial charge in [-0.05, 0) is 31.5 Å². The van der Waals surface area contributed by atoms with Gasteiger partial charge in [0.25, 0.3) is 0 Å². The van der Waals surface area contributed by atoms with Gasteiger partial charge in [-0.25, -0.2) is 0 Å². The van der Waals surface area contributed by atoms with Gasteiger partial charge in [0.1, 0.15) is 12.6 Å². The van der Waals surface area contributed by atoms with Crippen LogP contribution in [0.15, 0.2) is 59.5 Å². The molecule has 2 aromatic carbocycles. The smallest absolute Gasteiger partial charge is 0.328 e. The van der Waals surface area contributed by atoms with E-state index in [1.54, 1.807) is 24.3 Å². The number of carbonyl (C=O) groups excluding carboxylic acids is 1. The molecule has 3 aromatic rings. The van der Waals surface area contributed by atoms with E-state index in [1.165, 1.54) is 10.9 Å². The maximum Gasteiger partial charge on any atom is 0.328 e. The average molecular weight is 322 g/mol. The van der Waals surface area contributed by atoms with Crippen LogP contribution >= 0.6 is 0 Å². The molecule has 0 bridgehead atoms. The highest BCUT2D eigenvalue weighted by Gasteiger charge is 2.14. The Hall–Kier alpha value is -2.95. The lowest BCUT2D eigenvalue weighted by Gasteiger charge is -2.15. The second-order valence-corrected chi connectivity index (χ2v) is 5.73. The minimum absolute atomic E-state index is 0.0447. The zero-order valence-electron chi connectivity index (χ0n) is 13.6. The van der Waals surface area contributed by atoms with Crippen LogP contribution in [0.4, 0.5) is 0 Å². The standard InChI is InChI=1S/C19H18N2O3/c1-13-6-5-7-15(10-13)14(2)24-19(23)12-21-17-9-4-3-8-16(17)18(22)11-20-21/h3-11,14H,12H2,1-2H3. The predicted molar refractivity (Wildman–Crippen MR) is 91.7 cm³/mol. The molecule has 5 nitrogen and oxygen atoms in total. The lowest BCUT2D eigenvalue weighted by molar-refractivity contribution is -0.149. The highest BCUT2D eigenvalue weighted by Crippen LogP contribution is 2.18. The molecule has 0 aliphatic heterocycles. The number of nitrogens with zero attached hydrogens (tertiary/aromatic N) is 2. The minimum Gasteiger partial charge on any atom is -0.456 e. The molecular weight excluding hydrogens is 304 g/mol. The Morgan fingerprint density at radius 2 is 2.00 bits per heavy atom. The molecule has 0 radical (unpaired) electrons. The summed E-state index contributed by atoms with van der Waals surface area (Å²) in [5.74, 6) is -0.398. The third kappa shape index (κ3) is 3.35. The molecule has 0 N–H and O–H groups in total. The van der Waals surface area contributed by atoms with Gasteiger partial charge >= 0.3 is 5.97 Å². The third-order valence-electron chi connectivity index (χ3n) is 3.86. The van der Waals surface area contributed by atoms with E-state index in [0.29, 0.717) is 10.9 Å². The molecule has 0 fully saturated rings. The molecule has 5 heteroatoms. The first-order valence-electron chi connectivity index (χ1n) is 7.75. The number of ether oxygens (including phenoxy) is 1. The quantitative estimate of drug-likeness (QED) is 0.693. The number of para-hydroxylation sites is 1. The number of rotatable bonds is 4. The van der Waals surface area contributed by atoms with Crippen LogP contribution < -0.4 is 5.43 Å². The van der Waals surface area contributed by atoms with E-state index in [9.17, 15) is 9.59 Å². The van der Waals surface area contributed by atoms with Crippen molar-refractivity contribution in [3.63, 3.8) is 0 Å². The van der Waals surface area contributed by atoms with Gasteiger partial charge in [0.2, 0.25) is 5.43 Å². The Morgan fingerprint density at radius 1 is 1.21 bits per heavy atom. The number of esters is 1. The first kappa shape index (κ1) is 15.9. The van der Waals surface area contributed by atoms with Crippen LogP contribution in [0, 0.1) is 6.92 Å². The summed E-state index contributed by atoms with van der Waals surface area (Å²) >= 11 is 0. The van der Waals surface area contributed by atoms with E-state index in [-0.39, 0.29) is 18.1 Å². The zero-order chi connectivity index (χ0) is 17.1. The Bertz CT molecular complexity index is 946. The molecule has 0 saturated heterocycles. The van der Waals surface area contributed by atoms with Crippen molar-refractivity contribution in [2.75, 3.05) is 0 Å². The maximum absolute atomic E-state index is 12.2. The van der Waals surface area contributed by atoms with Crippen LogP contribution in [0.3, 0.4) is 0 Å². The summed E-state index contributed by atoms with van der Waals surface area (Å²) in [6.45, 7) is 3.79. The number of hydrogen-bond acceptors (Lipinski definition) is 4. The number of hydrogen-bond donors (Lipinski definition) is 0. The Kier molecular flexibility index (Phi) is 4.42. The molecule has 0 amide bonds. The van der Waals surface area contributed by atoms with Crippen LogP contribution in [-0.4, -0.2) is 15.7 Å². The number of benzene rings is 2. The van der Waals surface area contributed by atoms with Crippen LogP contribution in [0.5, 0.6) is 0 Å². The monoisotopic (exact) mass is 322 g/mol. The van der Waals surface area contributed by atoms with Gasteiger partial charge in [-0.1, -0.05) is 42.0 Å². The van der Waals surface area contributed by atoms with Crippen molar-refractivity contribution in [1.29, 1.82) is 0 Å². The molecule has 1 unspecified atom stereocenters. The summed E-state index contributed by atoms with van der Waals surface area (Å²) in [5.41, 5.74) is 2.51. The van der Waals surface area contributed by atoms with Gasteiger partial charge in [-0.15, -0.1) is 0 Å². The topological polar surface area (TPSA) is 61.2 Å². The Labute approximate surface area is 139 Å². The lowest BCUT2D eigenvalue weighted by atomic mass is 10.1. The van der Waals surface area contributed by atoms with E-state index >= 15 is 0 Å². The van der Waals surface area contributed by atoms with E-state index in [4.69, 9.17) is 4.74 Å². The highest BCUT2D eigenvalue weighted by atomic mass is 16.5. The normalized spacial score (nSPS) is 12.1. The molecule has 3 rings (SSSR count). The van der Waals surface area contributed by atoms with Crippen molar-refractivity contribution in [3.05, 3.63) is 76.1 Å². The largest absolute Gasteiger partial charge is 0.456 e. The summed E-state index contributed by atoms with van der Waals surface area (Å²) in [4.78, 5) is 24.1. The van der Waals surface area contributed by atoms with Gasteiger partial charge in [0.15, 0.2) is 0 Å². The molecular formula is C19H18N2O3. The maximum atomic E-state index is 12.2. The minimum atomic E-state index is -0.398. The van der Waals surface area contributed by atoms with Crippen molar-refractivity contribution in [2.24, 2.45) is 0 Å². The van der Waals surface area contributed by atoms with Crippen molar-refractivity contribution in [1.82, 2.24) is 9.78 Å². The van der Waals surface area contributed by atoms with Crippen LogP contribution in [0.2, 0.25) is 0 Å². The fraction of sp³-hybridized carbons (Fsp3) is 0.211. The summed E-state index contributed by atoms with van der Waals surface area (Å²) in [6.07, 6.45) is 0.877. The van der Waals surface area contributed by atoms with E-state index in [1.807, 2.05) is 38.1 Å². The van der Waals surface area contributed by atoms with Gasteiger partial charge < -0.3 is 4.74 Å². The lowest BCUT2D eigenvalue weighted by Crippen LogP contribution is -2.20. The third-order valence-corrected chi connectivity index (χ3v) is 3.86. The second kappa shape index (κ2) is 6.66. The van der Waals surface area contributed by atoms with Crippen LogP contribution in [0.1, 0.15) is 24.2 Å². The van der Waals surface area contributed by atoms with E-state index < -0.39 is 5.97 Å². The van der Waals surface area contributed by atoms with Crippen molar-refractivity contribution in [3.8, 4) is 0 Å². The second-order valence-electron chi connectivity index (χ2n) is 5.73. The molecule has 0 spiro atoms. The number of fused-ring (bicyclic) bond motifs is 1.